The molecule has 0 radical (unpaired) electrons. The molecule has 70 heavy (non-hydrogen) atoms. The summed E-state index contributed by atoms with van der Waals surface area (Å²) in [6.07, 6.45) is 35.0. The van der Waals surface area contributed by atoms with Crippen LogP contribution in [0.2, 0.25) is 0 Å². The highest BCUT2D eigenvalue weighted by Gasteiger charge is 2.51. The Morgan fingerprint density at radius 1 is 0.529 bits per heavy atom. The first-order valence-electron chi connectivity index (χ1n) is 27.5. The van der Waals surface area contributed by atoms with Crippen molar-refractivity contribution in [3.05, 3.63) is 60.8 Å². The van der Waals surface area contributed by atoms with E-state index in [0.29, 0.717) is 12.8 Å². The lowest BCUT2D eigenvalue weighted by Crippen LogP contribution is -2.65. The summed E-state index contributed by atoms with van der Waals surface area (Å²) in [6, 6.07) is -0.837. The number of allylic oxidation sites excluding steroid dienone is 10. The number of amides is 1. The minimum Gasteiger partial charge on any atom is -0.394 e. The minimum atomic E-state index is -1.78. The van der Waals surface area contributed by atoms with Crippen LogP contribution in [0.3, 0.4) is 0 Å². The maximum absolute atomic E-state index is 13.2. The molecule has 12 unspecified atom stereocenters. The summed E-state index contributed by atoms with van der Waals surface area (Å²) in [7, 11) is 0. The van der Waals surface area contributed by atoms with Gasteiger partial charge in [-0.05, 0) is 57.8 Å². The van der Waals surface area contributed by atoms with Gasteiger partial charge in [0.1, 0.15) is 48.8 Å². The Morgan fingerprint density at radius 2 is 0.986 bits per heavy atom. The topological polar surface area (TPSA) is 228 Å². The van der Waals surface area contributed by atoms with Gasteiger partial charge in [-0.15, -0.1) is 0 Å². The second kappa shape index (κ2) is 42.1. The fourth-order valence-corrected chi connectivity index (χ4v) is 8.79. The lowest BCUT2D eigenvalue weighted by molar-refractivity contribution is -0.359. The van der Waals surface area contributed by atoms with Gasteiger partial charge in [0, 0.05) is 6.42 Å². The minimum absolute atomic E-state index is 0.221. The van der Waals surface area contributed by atoms with E-state index in [0.717, 1.165) is 96.3 Å². The second-order valence-electron chi connectivity index (χ2n) is 19.3. The Bertz CT molecular complexity index is 1410. The van der Waals surface area contributed by atoms with Gasteiger partial charge in [-0.2, -0.15) is 0 Å². The van der Waals surface area contributed by atoms with Crippen LogP contribution in [-0.2, 0) is 23.7 Å². The molecule has 12 atom stereocenters. The van der Waals surface area contributed by atoms with E-state index in [9.17, 15) is 45.6 Å². The van der Waals surface area contributed by atoms with Crippen molar-refractivity contribution in [1.82, 2.24) is 5.32 Å². The fraction of sp³-hybridized carbons (Fsp3) is 0.804. The molecule has 0 aromatic carbocycles. The number of hydrogen-bond acceptors (Lipinski definition) is 13. The van der Waals surface area contributed by atoms with Gasteiger partial charge in [-0.25, -0.2) is 0 Å². The maximum atomic E-state index is 13.2. The third kappa shape index (κ3) is 28.2. The van der Waals surface area contributed by atoms with Crippen molar-refractivity contribution in [2.75, 3.05) is 19.8 Å². The van der Waals surface area contributed by atoms with Crippen LogP contribution in [0.4, 0.5) is 0 Å². The van der Waals surface area contributed by atoms with Gasteiger partial charge in [0.25, 0.3) is 0 Å². The Kier molecular flexibility index (Phi) is 38.4. The first-order valence-corrected chi connectivity index (χ1v) is 27.5. The summed E-state index contributed by atoms with van der Waals surface area (Å²) < 4.78 is 22.8. The van der Waals surface area contributed by atoms with Crippen molar-refractivity contribution in [3.63, 3.8) is 0 Å². The van der Waals surface area contributed by atoms with Gasteiger partial charge >= 0.3 is 0 Å². The number of carbonyl (C=O) groups is 1. The number of ether oxygens (including phenoxy) is 4. The molecule has 406 valence electrons. The van der Waals surface area contributed by atoms with Crippen LogP contribution < -0.4 is 5.32 Å². The lowest BCUT2D eigenvalue weighted by atomic mass is 9.97. The largest absolute Gasteiger partial charge is 0.394 e. The number of nitrogens with one attached hydrogen (secondary N) is 1. The Morgan fingerprint density at radius 3 is 1.51 bits per heavy atom. The monoisotopic (exact) mass is 994 g/mol. The molecule has 0 aromatic rings. The summed E-state index contributed by atoms with van der Waals surface area (Å²) >= 11 is 0. The molecule has 14 nitrogen and oxygen atoms in total. The van der Waals surface area contributed by atoms with Crippen molar-refractivity contribution in [3.8, 4) is 0 Å². The van der Waals surface area contributed by atoms with Crippen LogP contribution in [0.15, 0.2) is 60.8 Å². The number of aliphatic hydroxyl groups excluding tert-OH is 8. The third-order valence-corrected chi connectivity index (χ3v) is 13.2. The molecule has 0 saturated carbocycles. The summed E-state index contributed by atoms with van der Waals surface area (Å²) in [4.78, 5) is 13.2. The zero-order valence-electron chi connectivity index (χ0n) is 43.2. The fourth-order valence-electron chi connectivity index (χ4n) is 8.79. The summed E-state index contributed by atoms with van der Waals surface area (Å²) in [5.74, 6) is -0.221. The quantitative estimate of drug-likeness (QED) is 0.0208. The Hall–Kier alpha value is -2.31. The molecule has 0 aromatic heterocycles. The molecule has 2 rings (SSSR count). The standard InChI is InChI=1S/C56H99NO13/c1-3-5-7-9-11-13-15-17-18-19-20-21-22-23-24-25-26-28-30-32-34-36-38-40-48(61)57-44(45(60)39-37-35-33-31-29-27-16-14-12-10-8-6-4-2)43-67-55-53(66)51(64)54(47(42-59)69-55)70-56-52(65)50(63)49(62)46(41-58)68-56/h5,7,11,13,17-18,20-21,23-24,44-47,49-56,58-60,62-66H,3-4,6,8-10,12,14-16,19,22,25-43H2,1-2H3,(H,57,61)/b7-5-,13-11-,18-17-,21-20-,24-23-. The number of aliphatic hydroxyl groups is 8. The van der Waals surface area contributed by atoms with Crippen molar-refractivity contribution >= 4 is 5.91 Å². The molecule has 2 aliphatic rings. The third-order valence-electron chi connectivity index (χ3n) is 13.2. The zero-order chi connectivity index (χ0) is 51.0. The number of hydrogen-bond donors (Lipinski definition) is 9. The maximum Gasteiger partial charge on any atom is 0.220 e. The molecule has 9 N–H and O–H groups in total. The first kappa shape index (κ1) is 63.8. The average Bonchev–Trinajstić information content (AvgIpc) is 3.36. The molecule has 14 heteroatoms. The zero-order valence-corrected chi connectivity index (χ0v) is 43.2. The predicted molar refractivity (Wildman–Crippen MR) is 277 cm³/mol. The van der Waals surface area contributed by atoms with Crippen LogP contribution >= 0.6 is 0 Å². The van der Waals surface area contributed by atoms with E-state index in [2.05, 4.69) is 79.9 Å². The van der Waals surface area contributed by atoms with Crippen molar-refractivity contribution in [2.24, 2.45) is 0 Å². The molecule has 2 saturated heterocycles. The molecule has 2 fully saturated rings. The van der Waals surface area contributed by atoms with E-state index < -0.39 is 86.8 Å². The predicted octanol–water partition coefficient (Wildman–Crippen LogP) is 8.22. The average molecular weight is 994 g/mol. The molecular formula is C56H99NO13. The smallest absolute Gasteiger partial charge is 0.220 e. The van der Waals surface area contributed by atoms with Crippen molar-refractivity contribution in [1.29, 1.82) is 0 Å². The molecule has 0 aliphatic carbocycles. The molecule has 1 amide bonds. The van der Waals surface area contributed by atoms with Gasteiger partial charge in [0.2, 0.25) is 5.91 Å². The molecular weight excluding hydrogens is 895 g/mol. The van der Waals surface area contributed by atoms with Gasteiger partial charge in [-0.1, -0.05) is 190 Å². The van der Waals surface area contributed by atoms with Crippen LogP contribution in [0.5, 0.6) is 0 Å². The van der Waals surface area contributed by atoms with E-state index in [4.69, 9.17) is 18.9 Å². The normalized spacial score (nSPS) is 26.4. The van der Waals surface area contributed by atoms with Gasteiger partial charge in [-0.3, -0.25) is 4.79 Å². The molecule has 0 bridgehead atoms. The molecule has 0 spiro atoms. The van der Waals surface area contributed by atoms with Crippen LogP contribution in [-0.4, -0.2) is 140 Å². The highest BCUT2D eigenvalue weighted by Crippen LogP contribution is 2.30. The number of unbranched alkanes of at least 4 members (excludes halogenated alkanes) is 19. The number of rotatable bonds is 42. The SMILES string of the molecule is CC/C=C\C/C=C\C/C=C\C/C=C\C/C=C\CCCCCCCCCC(=O)NC(COC1OC(CO)C(OC2OC(CO)C(O)C(O)C2O)C(O)C1O)C(O)CCCCCCCCCCCCCCC. The second-order valence-corrected chi connectivity index (χ2v) is 19.3. The lowest BCUT2D eigenvalue weighted by Gasteiger charge is -2.46. The Labute approximate surface area is 422 Å². The first-order chi connectivity index (χ1) is 34.1. The van der Waals surface area contributed by atoms with E-state index in [1.165, 1.54) is 64.2 Å². The van der Waals surface area contributed by atoms with Crippen LogP contribution in [0.1, 0.15) is 194 Å². The highest BCUT2D eigenvalue weighted by atomic mass is 16.7. The van der Waals surface area contributed by atoms with E-state index >= 15 is 0 Å². The summed E-state index contributed by atoms with van der Waals surface area (Å²) in [6.45, 7) is 2.72. The van der Waals surface area contributed by atoms with Gasteiger partial charge < -0.3 is 65.1 Å². The summed E-state index contributed by atoms with van der Waals surface area (Å²) in [5, 5.41) is 87.0. The number of carbonyl (C=O) groups excluding carboxylic acids is 1. The van der Waals surface area contributed by atoms with Crippen molar-refractivity contribution < 1.29 is 64.6 Å². The highest BCUT2D eigenvalue weighted by molar-refractivity contribution is 5.76. The van der Waals surface area contributed by atoms with E-state index in [1.54, 1.807) is 0 Å². The Balaban J connectivity index is 1.78. The van der Waals surface area contributed by atoms with E-state index in [-0.39, 0.29) is 18.9 Å². The van der Waals surface area contributed by atoms with Crippen LogP contribution in [0, 0.1) is 0 Å². The van der Waals surface area contributed by atoms with Gasteiger partial charge in [0.05, 0.1) is 32.0 Å². The van der Waals surface area contributed by atoms with E-state index in [1.807, 2.05) is 0 Å². The molecule has 2 heterocycles. The molecule has 2 aliphatic heterocycles. The van der Waals surface area contributed by atoms with Gasteiger partial charge in [0.15, 0.2) is 12.6 Å². The van der Waals surface area contributed by atoms with Crippen molar-refractivity contribution in [2.45, 2.75) is 267 Å². The summed E-state index contributed by atoms with van der Waals surface area (Å²) in [5.41, 5.74) is 0. The van der Waals surface area contributed by atoms with Crippen LogP contribution in [0.25, 0.3) is 0 Å².